The van der Waals surface area contributed by atoms with Crippen LogP contribution >= 0.6 is 15.9 Å². The summed E-state index contributed by atoms with van der Waals surface area (Å²) >= 11 is 3.38. The van der Waals surface area contributed by atoms with Gasteiger partial charge in [0.05, 0.1) is 6.04 Å². The Hall–Kier alpha value is -0.920. The maximum absolute atomic E-state index is 10.1. The lowest BCUT2D eigenvalue weighted by Crippen LogP contribution is -1.92. The molecule has 0 aliphatic carbocycles. The predicted octanol–water partition coefficient (Wildman–Crippen LogP) is 3.15. The fourth-order valence-corrected chi connectivity index (χ4v) is 1.73. The van der Waals surface area contributed by atoms with Gasteiger partial charge in [0.25, 0.3) is 0 Å². The Bertz CT molecular complexity index is 356. The van der Waals surface area contributed by atoms with Crippen LogP contribution in [0.1, 0.15) is 24.1 Å². The van der Waals surface area contributed by atoms with Crippen LogP contribution in [-0.4, -0.2) is 6.08 Å². The highest BCUT2D eigenvalue weighted by molar-refractivity contribution is 9.10. The fourth-order valence-electron chi connectivity index (χ4n) is 1.26. The summed E-state index contributed by atoms with van der Waals surface area (Å²) in [7, 11) is 0. The molecule has 1 aromatic carbocycles. The molecule has 0 heterocycles. The van der Waals surface area contributed by atoms with Crippen molar-refractivity contribution in [2.45, 2.75) is 19.9 Å². The molecule has 0 aliphatic rings. The average Bonchev–Trinajstić information content (AvgIpc) is 2.04. The number of hydrogen-bond acceptors (Lipinski definition) is 2. The van der Waals surface area contributed by atoms with E-state index in [0.717, 1.165) is 15.6 Å². The number of aliphatic imine (C=N–C) groups is 1. The van der Waals surface area contributed by atoms with Gasteiger partial charge in [-0.2, -0.15) is 4.99 Å². The molecule has 1 aromatic rings. The number of halogens is 1. The zero-order chi connectivity index (χ0) is 9.84. The maximum Gasteiger partial charge on any atom is 0.235 e. The third kappa shape index (κ3) is 2.51. The van der Waals surface area contributed by atoms with Crippen LogP contribution in [0.4, 0.5) is 0 Å². The Kier molecular flexibility index (Phi) is 3.40. The Balaban J connectivity index is 3.08. The summed E-state index contributed by atoms with van der Waals surface area (Å²) in [4.78, 5) is 13.7. The first-order valence-electron chi connectivity index (χ1n) is 3.98. The molecule has 2 nitrogen and oxygen atoms in total. The van der Waals surface area contributed by atoms with Crippen molar-refractivity contribution in [1.82, 2.24) is 0 Å². The first-order valence-corrected chi connectivity index (χ1v) is 4.77. The van der Waals surface area contributed by atoms with Crippen LogP contribution < -0.4 is 0 Å². The molecule has 0 N–H and O–H groups in total. The molecule has 0 amide bonds. The second kappa shape index (κ2) is 4.35. The molecule has 0 fully saturated rings. The van der Waals surface area contributed by atoms with Crippen molar-refractivity contribution < 1.29 is 4.79 Å². The van der Waals surface area contributed by atoms with E-state index < -0.39 is 0 Å². The summed E-state index contributed by atoms with van der Waals surface area (Å²) in [5, 5.41) is 0. The quantitative estimate of drug-likeness (QED) is 0.576. The van der Waals surface area contributed by atoms with Gasteiger partial charge in [-0.3, -0.25) is 0 Å². The number of nitrogens with zero attached hydrogens (tertiary/aromatic N) is 1. The molecule has 0 bridgehead atoms. The van der Waals surface area contributed by atoms with Gasteiger partial charge in [-0.25, -0.2) is 4.79 Å². The Labute approximate surface area is 85.8 Å². The lowest BCUT2D eigenvalue weighted by atomic mass is 10.0. The molecule has 13 heavy (non-hydrogen) atoms. The lowest BCUT2D eigenvalue weighted by molar-refractivity contribution is 0.559. The van der Waals surface area contributed by atoms with Crippen LogP contribution in [0, 0.1) is 6.92 Å². The van der Waals surface area contributed by atoms with Gasteiger partial charge in [0, 0.05) is 4.47 Å². The molecule has 68 valence electrons. The predicted molar refractivity (Wildman–Crippen MR) is 55.4 cm³/mol. The van der Waals surface area contributed by atoms with E-state index in [0.29, 0.717) is 0 Å². The van der Waals surface area contributed by atoms with Crippen LogP contribution in [0.25, 0.3) is 0 Å². The number of rotatable bonds is 2. The molecule has 1 rings (SSSR count). The molecular weight excluding hydrogens is 230 g/mol. The second-order valence-corrected chi connectivity index (χ2v) is 3.81. The highest BCUT2D eigenvalue weighted by Crippen LogP contribution is 2.23. The van der Waals surface area contributed by atoms with Gasteiger partial charge in [0.1, 0.15) is 0 Å². The van der Waals surface area contributed by atoms with Crippen molar-refractivity contribution in [1.29, 1.82) is 0 Å². The highest BCUT2D eigenvalue weighted by atomic mass is 79.9. The Morgan fingerprint density at radius 2 is 2.23 bits per heavy atom. The van der Waals surface area contributed by atoms with E-state index in [2.05, 4.69) is 20.9 Å². The van der Waals surface area contributed by atoms with Gasteiger partial charge in [-0.15, -0.1) is 0 Å². The normalized spacial score (nSPS) is 11.9. The van der Waals surface area contributed by atoms with E-state index in [4.69, 9.17) is 0 Å². The number of benzene rings is 1. The largest absolute Gasteiger partial charge is 0.235 e. The Morgan fingerprint density at radius 1 is 1.54 bits per heavy atom. The lowest BCUT2D eigenvalue weighted by Gasteiger charge is -2.08. The van der Waals surface area contributed by atoms with Crippen molar-refractivity contribution in [3.8, 4) is 0 Å². The van der Waals surface area contributed by atoms with E-state index in [1.165, 1.54) is 0 Å². The summed E-state index contributed by atoms with van der Waals surface area (Å²) in [6.07, 6.45) is 1.57. The van der Waals surface area contributed by atoms with Crippen LogP contribution in [0.5, 0.6) is 0 Å². The zero-order valence-corrected chi connectivity index (χ0v) is 9.13. The van der Waals surface area contributed by atoms with E-state index in [1.54, 1.807) is 6.08 Å². The van der Waals surface area contributed by atoms with Crippen molar-refractivity contribution in [3.05, 3.63) is 33.8 Å². The highest BCUT2D eigenvalue weighted by Gasteiger charge is 2.06. The molecule has 0 aliphatic heterocycles. The summed E-state index contributed by atoms with van der Waals surface area (Å²) in [6, 6.07) is 5.81. The average molecular weight is 240 g/mol. The SMILES string of the molecule is Cc1cc(Br)ccc1[C@H](C)N=C=O. The minimum absolute atomic E-state index is 0.106. The van der Waals surface area contributed by atoms with E-state index in [9.17, 15) is 4.79 Å². The van der Waals surface area contributed by atoms with Crippen LogP contribution in [0.3, 0.4) is 0 Å². The molecule has 3 heteroatoms. The number of carbonyl (C=O) groups excluding carboxylic acids is 1. The van der Waals surface area contributed by atoms with Gasteiger partial charge in [0.15, 0.2) is 0 Å². The third-order valence-electron chi connectivity index (χ3n) is 1.93. The zero-order valence-electron chi connectivity index (χ0n) is 7.54. The summed E-state index contributed by atoms with van der Waals surface area (Å²) in [6.45, 7) is 3.87. The standard InChI is InChI=1S/C10H10BrNO/c1-7-5-9(11)3-4-10(7)8(2)12-6-13/h3-5,8H,1-2H3/t8-/m0/s1. The van der Waals surface area contributed by atoms with Gasteiger partial charge >= 0.3 is 0 Å². The summed E-state index contributed by atoms with van der Waals surface area (Å²) in [5.74, 6) is 0. The van der Waals surface area contributed by atoms with Crippen LogP contribution in [0.2, 0.25) is 0 Å². The van der Waals surface area contributed by atoms with Crippen LogP contribution in [0.15, 0.2) is 27.7 Å². The first kappa shape index (κ1) is 10.2. The topological polar surface area (TPSA) is 29.4 Å². The molecule has 0 aromatic heterocycles. The number of aryl methyl sites for hydroxylation is 1. The smallest absolute Gasteiger partial charge is 0.211 e. The number of isocyanates is 1. The fraction of sp³-hybridized carbons (Fsp3) is 0.300. The van der Waals surface area contributed by atoms with E-state index in [1.807, 2.05) is 32.0 Å². The molecule has 0 unspecified atom stereocenters. The van der Waals surface area contributed by atoms with E-state index >= 15 is 0 Å². The minimum Gasteiger partial charge on any atom is -0.211 e. The minimum atomic E-state index is -0.106. The summed E-state index contributed by atoms with van der Waals surface area (Å²) < 4.78 is 1.04. The molecular formula is C10H10BrNO. The van der Waals surface area contributed by atoms with Crippen LogP contribution in [-0.2, 0) is 4.79 Å². The van der Waals surface area contributed by atoms with Crippen molar-refractivity contribution >= 4 is 22.0 Å². The monoisotopic (exact) mass is 239 g/mol. The molecule has 0 saturated heterocycles. The third-order valence-corrected chi connectivity index (χ3v) is 2.42. The second-order valence-electron chi connectivity index (χ2n) is 2.90. The summed E-state index contributed by atoms with van der Waals surface area (Å²) in [5.41, 5.74) is 2.19. The first-order chi connectivity index (χ1) is 6.15. The van der Waals surface area contributed by atoms with Crippen molar-refractivity contribution in [3.63, 3.8) is 0 Å². The van der Waals surface area contributed by atoms with Crippen molar-refractivity contribution in [2.75, 3.05) is 0 Å². The number of hydrogen-bond donors (Lipinski definition) is 0. The molecule has 0 spiro atoms. The molecule has 1 atom stereocenters. The molecule has 0 saturated carbocycles. The van der Waals surface area contributed by atoms with Gasteiger partial charge in [-0.1, -0.05) is 22.0 Å². The van der Waals surface area contributed by atoms with Gasteiger partial charge < -0.3 is 0 Å². The van der Waals surface area contributed by atoms with Gasteiger partial charge in [-0.05, 0) is 37.1 Å². The van der Waals surface area contributed by atoms with Crippen molar-refractivity contribution in [2.24, 2.45) is 4.99 Å². The maximum atomic E-state index is 10.1. The van der Waals surface area contributed by atoms with Gasteiger partial charge in [0.2, 0.25) is 6.08 Å². The Morgan fingerprint density at radius 3 is 2.77 bits per heavy atom. The van der Waals surface area contributed by atoms with E-state index in [-0.39, 0.29) is 6.04 Å². The molecule has 0 radical (unpaired) electrons.